The van der Waals surface area contributed by atoms with Crippen LogP contribution in [0.25, 0.3) is 6.08 Å². The van der Waals surface area contributed by atoms with Gasteiger partial charge in [-0.1, -0.05) is 12.2 Å². The lowest BCUT2D eigenvalue weighted by atomic mass is 9.97. The van der Waals surface area contributed by atoms with Gasteiger partial charge in [-0.2, -0.15) is 0 Å². The van der Waals surface area contributed by atoms with Crippen LogP contribution in [0, 0.1) is 0 Å². The average molecular weight is 283 g/mol. The predicted molar refractivity (Wildman–Crippen MR) is 91.8 cm³/mol. The summed E-state index contributed by atoms with van der Waals surface area (Å²) < 4.78 is 5.97. The molecule has 0 atom stereocenters. The van der Waals surface area contributed by atoms with Crippen molar-refractivity contribution in [3.8, 4) is 5.75 Å². The molecule has 2 rings (SSSR count). The van der Waals surface area contributed by atoms with Gasteiger partial charge in [-0.15, -0.1) is 0 Å². The van der Waals surface area contributed by atoms with E-state index < -0.39 is 0 Å². The number of nitrogens with zero attached hydrogens (tertiary/aromatic N) is 1. The third-order valence-corrected chi connectivity index (χ3v) is 4.11. The van der Waals surface area contributed by atoms with Crippen LogP contribution in [0.1, 0.15) is 40.2 Å². The number of allylic oxidation sites excluding steroid dienone is 2. The Bertz CT molecular complexity index is 614. The molecule has 0 saturated carbocycles. The molecule has 1 aliphatic rings. The molecule has 1 aromatic rings. The second-order valence-electron chi connectivity index (χ2n) is 5.60. The smallest absolute Gasteiger partial charge is 0.136 e. The Morgan fingerprint density at radius 2 is 1.81 bits per heavy atom. The van der Waals surface area contributed by atoms with Gasteiger partial charge in [0.1, 0.15) is 11.5 Å². The summed E-state index contributed by atoms with van der Waals surface area (Å²) in [5.74, 6) is 1.63. The summed E-state index contributed by atoms with van der Waals surface area (Å²) >= 11 is 0. The normalized spacial score (nSPS) is 13.2. The minimum absolute atomic E-state index is 0.734. The zero-order valence-corrected chi connectivity index (χ0v) is 13.8. The molecule has 1 aromatic carbocycles. The molecule has 0 amide bonds. The van der Waals surface area contributed by atoms with Crippen LogP contribution in [0.3, 0.4) is 0 Å². The highest BCUT2D eigenvalue weighted by atomic mass is 16.5. The van der Waals surface area contributed by atoms with Crippen LogP contribution in [0.4, 0.5) is 5.69 Å². The van der Waals surface area contributed by atoms with Crippen LogP contribution in [0.2, 0.25) is 0 Å². The van der Waals surface area contributed by atoms with Crippen molar-refractivity contribution in [1.82, 2.24) is 0 Å². The first kappa shape index (κ1) is 15.4. The van der Waals surface area contributed by atoms with Gasteiger partial charge < -0.3 is 9.64 Å². The van der Waals surface area contributed by atoms with Crippen LogP contribution < -0.4 is 9.64 Å². The van der Waals surface area contributed by atoms with Gasteiger partial charge in [0.2, 0.25) is 0 Å². The summed E-state index contributed by atoms with van der Waals surface area (Å²) in [5, 5.41) is 0. The molecule has 0 aliphatic carbocycles. The van der Waals surface area contributed by atoms with E-state index >= 15 is 0 Å². The maximum absolute atomic E-state index is 5.97. The average Bonchev–Trinajstić information content (AvgIpc) is 2.46. The van der Waals surface area contributed by atoms with E-state index in [2.05, 4.69) is 70.4 Å². The Labute approximate surface area is 128 Å². The maximum atomic E-state index is 5.97. The number of rotatable bonds is 4. The number of benzene rings is 1. The highest BCUT2D eigenvalue weighted by molar-refractivity contribution is 5.73. The SMILES string of the molecule is C=C1Oc2cc(N(CC)CC)ccc2C=C1C(C)=C(C)C. The molecule has 0 radical (unpaired) electrons. The van der Waals surface area contributed by atoms with Gasteiger partial charge in [-0.25, -0.2) is 0 Å². The quantitative estimate of drug-likeness (QED) is 0.755. The Morgan fingerprint density at radius 1 is 1.14 bits per heavy atom. The second-order valence-corrected chi connectivity index (χ2v) is 5.60. The van der Waals surface area contributed by atoms with Crippen molar-refractivity contribution in [2.24, 2.45) is 0 Å². The second kappa shape index (κ2) is 6.21. The summed E-state index contributed by atoms with van der Waals surface area (Å²) in [6.45, 7) is 16.7. The molecule has 0 bridgehead atoms. The van der Waals surface area contributed by atoms with E-state index in [4.69, 9.17) is 4.74 Å². The van der Waals surface area contributed by atoms with E-state index in [1.165, 1.54) is 16.8 Å². The standard InChI is InChI=1S/C19H25NO/c1-7-20(8-2)17-10-9-16-11-18(14(5)13(3)4)15(6)21-19(16)12-17/h9-12H,6-8H2,1-5H3. The third-order valence-electron chi connectivity index (χ3n) is 4.11. The Balaban J connectivity index is 2.44. The number of hydrogen-bond donors (Lipinski definition) is 0. The fourth-order valence-corrected chi connectivity index (χ4v) is 2.53. The summed E-state index contributed by atoms with van der Waals surface area (Å²) in [7, 11) is 0. The molecule has 0 N–H and O–H groups in total. The molecule has 0 saturated heterocycles. The number of ether oxygens (including phenoxy) is 1. The van der Waals surface area contributed by atoms with E-state index in [1.54, 1.807) is 0 Å². The summed E-state index contributed by atoms with van der Waals surface area (Å²) in [5.41, 5.74) is 5.93. The number of fused-ring (bicyclic) bond motifs is 1. The van der Waals surface area contributed by atoms with Crippen LogP contribution >= 0.6 is 0 Å². The largest absolute Gasteiger partial charge is 0.457 e. The van der Waals surface area contributed by atoms with Gasteiger partial charge in [0.05, 0.1) is 0 Å². The van der Waals surface area contributed by atoms with Crippen molar-refractivity contribution < 1.29 is 4.74 Å². The zero-order valence-electron chi connectivity index (χ0n) is 13.8. The molecule has 0 spiro atoms. The van der Waals surface area contributed by atoms with Crippen molar-refractivity contribution in [2.75, 3.05) is 18.0 Å². The maximum Gasteiger partial charge on any atom is 0.136 e. The van der Waals surface area contributed by atoms with E-state index in [1.807, 2.05) is 0 Å². The lowest BCUT2D eigenvalue weighted by Gasteiger charge is -2.25. The molecule has 0 unspecified atom stereocenters. The lowest BCUT2D eigenvalue weighted by molar-refractivity contribution is 0.435. The summed E-state index contributed by atoms with van der Waals surface area (Å²) in [6.07, 6.45) is 2.18. The van der Waals surface area contributed by atoms with Crippen LogP contribution in [0.5, 0.6) is 5.75 Å². The minimum atomic E-state index is 0.734. The van der Waals surface area contributed by atoms with Crippen molar-refractivity contribution >= 4 is 11.8 Å². The Morgan fingerprint density at radius 3 is 2.38 bits per heavy atom. The first-order valence-corrected chi connectivity index (χ1v) is 7.60. The van der Waals surface area contributed by atoms with Crippen LogP contribution in [-0.4, -0.2) is 13.1 Å². The molecule has 112 valence electrons. The summed E-state index contributed by atoms with van der Waals surface area (Å²) in [6, 6.07) is 6.40. The molecule has 2 nitrogen and oxygen atoms in total. The molecular formula is C19H25NO. The van der Waals surface area contributed by atoms with Gasteiger partial charge >= 0.3 is 0 Å². The highest BCUT2D eigenvalue weighted by Crippen LogP contribution is 2.37. The first-order valence-electron chi connectivity index (χ1n) is 7.60. The molecule has 0 aromatic heterocycles. The van der Waals surface area contributed by atoms with Gasteiger partial charge in [-0.05, 0) is 58.4 Å². The van der Waals surface area contributed by atoms with E-state index in [0.29, 0.717) is 0 Å². The minimum Gasteiger partial charge on any atom is -0.457 e. The lowest BCUT2D eigenvalue weighted by Crippen LogP contribution is -2.21. The topological polar surface area (TPSA) is 12.5 Å². The van der Waals surface area contributed by atoms with Gasteiger partial charge in [-0.3, -0.25) is 0 Å². The van der Waals surface area contributed by atoms with E-state index in [9.17, 15) is 0 Å². The monoisotopic (exact) mass is 283 g/mol. The van der Waals surface area contributed by atoms with Crippen molar-refractivity contribution in [3.63, 3.8) is 0 Å². The van der Waals surface area contributed by atoms with Crippen LogP contribution in [-0.2, 0) is 0 Å². The molecular weight excluding hydrogens is 258 g/mol. The predicted octanol–water partition coefficient (Wildman–Crippen LogP) is 5.18. The zero-order chi connectivity index (χ0) is 15.6. The molecule has 1 heterocycles. The van der Waals surface area contributed by atoms with Gasteiger partial charge in [0.15, 0.2) is 0 Å². The van der Waals surface area contributed by atoms with Gasteiger partial charge in [0.25, 0.3) is 0 Å². The van der Waals surface area contributed by atoms with E-state index in [0.717, 1.165) is 35.7 Å². The van der Waals surface area contributed by atoms with E-state index in [-0.39, 0.29) is 0 Å². The van der Waals surface area contributed by atoms with Crippen LogP contribution in [0.15, 0.2) is 47.3 Å². The summed E-state index contributed by atoms with van der Waals surface area (Å²) in [4.78, 5) is 2.31. The molecule has 1 aliphatic heterocycles. The van der Waals surface area contributed by atoms with Gasteiger partial charge in [0, 0.05) is 36.0 Å². The third kappa shape index (κ3) is 3.05. The molecule has 0 fully saturated rings. The molecule has 2 heteroatoms. The molecule has 21 heavy (non-hydrogen) atoms. The van der Waals surface area contributed by atoms with Crippen molar-refractivity contribution in [2.45, 2.75) is 34.6 Å². The fraction of sp³-hybridized carbons (Fsp3) is 0.368. The first-order chi connectivity index (χ1) is 9.97. The van der Waals surface area contributed by atoms with Crippen molar-refractivity contribution in [1.29, 1.82) is 0 Å². The number of hydrogen-bond acceptors (Lipinski definition) is 2. The Kier molecular flexibility index (Phi) is 4.56. The van der Waals surface area contributed by atoms with Crippen molar-refractivity contribution in [3.05, 3.63) is 52.8 Å². The number of anilines is 1. The fourth-order valence-electron chi connectivity index (χ4n) is 2.53. The highest BCUT2D eigenvalue weighted by Gasteiger charge is 2.18. The Hall–Kier alpha value is -1.96.